The average Bonchev–Trinajstić information content (AvgIpc) is 2.49. The normalized spacial score (nSPS) is 10.1. The molecule has 114 valence electrons. The number of benzene rings is 1. The Bertz CT molecular complexity index is 724. The van der Waals surface area contributed by atoms with Crippen LogP contribution in [0, 0.1) is 21.7 Å². The van der Waals surface area contributed by atoms with Crippen molar-refractivity contribution < 1.29 is 23.2 Å². The van der Waals surface area contributed by atoms with Crippen LogP contribution in [0.25, 0.3) is 0 Å². The van der Waals surface area contributed by atoms with E-state index in [1.807, 2.05) is 0 Å². The summed E-state index contributed by atoms with van der Waals surface area (Å²) in [6, 6.07) is 5.23. The standard InChI is InChI=1S/C13H9F2N3O4/c14-8-3-4-9(15)10(6-8)17-12(19)7-22-11-2-1-5-16-13(11)18(20)21/h1-6H,7H2,(H,17,19). The average molecular weight is 309 g/mol. The van der Waals surface area contributed by atoms with Crippen LogP contribution in [0.2, 0.25) is 0 Å². The SMILES string of the molecule is O=C(COc1cccnc1[N+](=O)[O-])Nc1cc(F)ccc1F. The smallest absolute Gasteiger partial charge is 0.406 e. The number of rotatable bonds is 5. The minimum Gasteiger partial charge on any atom is -0.476 e. The van der Waals surface area contributed by atoms with Crippen LogP contribution in [-0.2, 0) is 4.79 Å². The molecule has 0 aliphatic rings. The summed E-state index contributed by atoms with van der Waals surface area (Å²) in [5.74, 6) is -3.10. The van der Waals surface area contributed by atoms with Crippen molar-refractivity contribution in [1.82, 2.24) is 4.98 Å². The second kappa shape index (κ2) is 6.57. The van der Waals surface area contributed by atoms with Crippen LogP contribution in [0.15, 0.2) is 36.5 Å². The van der Waals surface area contributed by atoms with E-state index in [9.17, 15) is 23.7 Å². The van der Waals surface area contributed by atoms with E-state index in [1.54, 1.807) is 0 Å². The lowest BCUT2D eigenvalue weighted by atomic mass is 10.3. The Morgan fingerprint density at radius 2 is 2.14 bits per heavy atom. The molecule has 0 aliphatic carbocycles. The quantitative estimate of drug-likeness (QED) is 0.675. The molecule has 1 amide bonds. The maximum atomic E-state index is 13.3. The van der Waals surface area contributed by atoms with Gasteiger partial charge in [0, 0.05) is 6.07 Å². The third kappa shape index (κ3) is 3.72. The van der Waals surface area contributed by atoms with Gasteiger partial charge in [-0.05, 0) is 34.2 Å². The number of anilines is 1. The fourth-order valence-electron chi connectivity index (χ4n) is 1.55. The maximum Gasteiger partial charge on any atom is 0.406 e. The number of nitrogens with zero attached hydrogens (tertiary/aromatic N) is 2. The van der Waals surface area contributed by atoms with Crippen molar-refractivity contribution in [3.8, 4) is 5.75 Å². The highest BCUT2D eigenvalue weighted by Crippen LogP contribution is 2.22. The molecular weight excluding hydrogens is 300 g/mol. The molecule has 0 bridgehead atoms. The Kier molecular flexibility index (Phi) is 4.57. The molecular formula is C13H9F2N3O4. The van der Waals surface area contributed by atoms with Crippen LogP contribution >= 0.6 is 0 Å². The predicted octanol–water partition coefficient (Wildman–Crippen LogP) is 2.29. The largest absolute Gasteiger partial charge is 0.476 e. The molecule has 1 aromatic carbocycles. The summed E-state index contributed by atoms with van der Waals surface area (Å²) in [7, 11) is 0. The van der Waals surface area contributed by atoms with Gasteiger partial charge in [-0.3, -0.25) is 4.79 Å². The summed E-state index contributed by atoms with van der Waals surface area (Å²) < 4.78 is 31.3. The Balaban J connectivity index is 2.02. The second-order valence-electron chi connectivity index (χ2n) is 4.04. The Labute approximate surface area is 122 Å². The van der Waals surface area contributed by atoms with E-state index in [-0.39, 0.29) is 11.4 Å². The molecule has 0 aliphatic heterocycles. The summed E-state index contributed by atoms with van der Waals surface area (Å²) in [4.78, 5) is 25.1. The Morgan fingerprint density at radius 3 is 2.86 bits per heavy atom. The Morgan fingerprint density at radius 1 is 1.36 bits per heavy atom. The third-order valence-corrected chi connectivity index (χ3v) is 2.49. The zero-order valence-electron chi connectivity index (χ0n) is 11.0. The van der Waals surface area contributed by atoms with Crippen LogP contribution < -0.4 is 10.1 Å². The molecule has 0 radical (unpaired) electrons. The van der Waals surface area contributed by atoms with Crippen molar-refractivity contribution in [2.24, 2.45) is 0 Å². The van der Waals surface area contributed by atoms with E-state index in [1.165, 1.54) is 18.3 Å². The van der Waals surface area contributed by atoms with Crippen molar-refractivity contribution in [3.05, 3.63) is 58.3 Å². The number of halogens is 2. The van der Waals surface area contributed by atoms with Gasteiger partial charge in [0.25, 0.3) is 5.91 Å². The molecule has 2 aromatic rings. The monoisotopic (exact) mass is 309 g/mol. The Hall–Kier alpha value is -3.10. The minimum absolute atomic E-state index is 0.206. The molecule has 1 heterocycles. The van der Waals surface area contributed by atoms with E-state index in [0.717, 1.165) is 18.2 Å². The predicted molar refractivity (Wildman–Crippen MR) is 71.4 cm³/mol. The van der Waals surface area contributed by atoms with Gasteiger partial charge in [0.15, 0.2) is 6.61 Å². The van der Waals surface area contributed by atoms with Gasteiger partial charge in [0.2, 0.25) is 5.75 Å². The lowest BCUT2D eigenvalue weighted by Gasteiger charge is -2.08. The van der Waals surface area contributed by atoms with E-state index < -0.39 is 34.9 Å². The van der Waals surface area contributed by atoms with Gasteiger partial charge in [-0.15, -0.1) is 0 Å². The molecule has 0 saturated carbocycles. The number of hydrogen-bond acceptors (Lipinski definition) is 5. The van der Waals surface area contributed by atoms with Gasteiger partial charge in [-0.2, -0.15) is 0 Å². The topological polar surface area (TPSA) is 94.4 Å². The van der Waals surface area contributed by atoms with E-state index in [2.05, 4.69) is 10.3 Å². The summed E-state index contributed by atoms with van der Waals surface area (Å²) in [6.07, 6.45) is 1.20. The van der Waals surface area contributed by atoms with Crippen LogP contribution in [0.1, 0.15) is 0 Å². The van der Waals surface area contributed by atoms with Gasteiger partial charge >= 0.3 is 5.82 Å². The molecule has 0 spiro atoms. The molecule has 0 unspecified atom stereocenters. The summed E-state index contributed by atoms with van der Waals surface area (Å²) in [6.45, 7) is -0.623. The molecule has 9 heteroatoms. The molecule has 1 N–H and O–H groups in total. The van der Waals surface area contributed by atoms with Crippen molar-refractivity contribution in [1.29, 1.82) is 0 Å². The number of ether oxygens (including phenoxy) is 1. The van der Waals surface area contributed by atoms with Crippen molar-refractivity contribution in [3.63, 3.8) is 0 Å². The second-order valence-corrected chi connectivity index (χ2v) is 4.04. The van der Waals surface area contributed by atoms with Crippen LogP contribution in [0.4, 0.5) is 20.3 Å². The highest BCUT2D eigenvalue weighted by Gasteiger charge is 2.17. The highest BCUT2D eigenvalue weighted by molar-refractivity contribution is 5.92. The molecule has 1 aromatic heterocycles. The molecule has 7 nitrogen and oxygen atoms in total. The number of carbonyl (C=O) groups is 1. The van der Waals surface area contributed by atoms with Crippen LogP contribution in [0.5, 0.6) is 5.75 Å². The minimum atomic E-state index is -0.817. The van der Waals surface area contributed by atoms with E-state index in [4.69, 9.17) is 4.74 Å². The third-order valence-electron chi connectivity index (χ3n) is 2.49. The van der Waals surface area contributed by atoms with Gasteiger partial charge in [0.05, 0.1) is 5.69 Å². The number of nitro groups is 1. The molecule has 0 atom stereocenters. The fraction of sp³-hybridized carbons (Fsp3) is 0.0769. The number of hydrogen-bond donors (Lipinski definition) is 1. The lowest BCUT2D eigenvalue weighted by molar-refractivity contribution is -0.390. The summed E-state index contributed by atoms with van der Waals surface area (Å²) in [5.41, 5.74) is -0.353. The number of amides is 1. The van der Waals surface area contributed by atoms with E-state index in [0.29, 0.717) is 0 Å². The highest BCUT2D eigenvalue weighted by atomic mass is 19.1. The number of nitrogens with one attached hydrogen (secondary N) is 1. The van der Waals surface area contributed by atoms with Gasteiger partial charge in [-0.1, -0.05) is 0 Å². The van der Waals surface area contributed by atoms with Crippen molar-refractivity contribution >= 4 is 17.4 Å². The lowest BCUT2D eigenvalue weighted by Crippen LogP contribution is -2.21. The number of carbonyl (C=O) groups excluding carboxylic acids is 1. The van der Waals surface area contributed by atoms with Crippen LogP contribution in [0.3, 0.4) is 0 Å². The van der Waals surface area contributed by atoms with Crippen LogP contribution in [-0.4, -0.2) is 22.4 Å². The first-order valence-corrected chi connectivity index (χ1v) is 5.94. The first-order chi connectivity index (χ1) is 10.5. The van der Waals surface area contributed by atoms with E-state index >= 15 is 0 Å². The van der Waals surface area contributed by atoms with Crippen molar-refractivity contribution in [2.75, 3.05) is 11.9 Å². The molecule has 2 rings (SSSR count). The van der Waals surface area contributed by atoms with Gasteiger partial charge in [0.1, 0.15) is 17.8 Å². The molecule has 0 saturated heterocycles. The van der Waals surface area contributed by atoms with Gasteiger partial charge < -0.3 is 20.2 Å². The van der Waals surface area contributed by atoms with Crippen molar-refractivity contribution in [2.45, 2.75) is 0 Å². The first kappa shape index (κ1) is 15.3. The maximum absolute atomic E-state index is 13.3. The number of pyridine rings is 1. The summed E-state index contributed by atoms with van der Waals surface area (Å²) >= 11 is 0. The molecule has 22 heavy (non-hydrogen) atoms. The zero-order valence-corrected chi connectivity index (χ0v) is 11.0. The number of aromatic nitrogens is 1. The molecule has 0 fully saturated rings. The first-order valence-electron chi connectivity index (χ1n) is 5.94. The summed E-state index contributed by atoms with van der Waals surface area (Å²) in [5, 5.41) is 12.8. The van der Waals surface area contributed by atoms with Gasteiger partial charge in [-0.25, -0.2) is 8.78 Å². The fourth-order valence-corrected chi connectivity index (χ4v) is 1.55. The zero-order chi connectivity index (χ0) is 16.1.